The first kappa shape index (κ1) is 19.3. The minimum Gasteiger partial charge on any atom is -0.376 e. The lowest BCUT2D eigenvalue weighted by molar-refractivity contribution is -0.129. The normalized spacial score (nSPS) is 14.4. The summed E-state index contributed by atoms with van der Waals surface area (Å²) in [5, 5.41) is 3.36. The highest BCUT2D eigenvalue weighted by Crippen LogP contribution is 2.24. The highest BCUT2D eigenvalue weighted by molar-refractivity contribution is 5.82. The van der Waals surface area contributed by atoms with Gasteiger partial charge in [0.05, 0.1) is 6.54 Å². The molecular formula is C23H31N3O. The van der Waals surface area contributed by atoms with E-state index in [1.165, 1.54) is 33.5 Å². The first-order valence-electron chi connectivity index (χ1n) is 9.77. The van der Waals surface area contributed by atoms with Crippen LogP contribution >= 0.6 is 0 Å². The van der Waals surface area contributed by atoms with Gasteiger partial charge in [-0.2, -0.15) is 0 Å². The summed E-state index contributed by atoms with van der Waals surface area (Å²) in [5.74, 6) is 0.176. The number of nitrogens with zero attached hydrogens (tertiary/aromatic N) is 2. The number of carbonyl (C=O) groups is 1. The van der Waals surface area contributed by atoms with Gasteiger partial charge in [-0.05, 0) is 62.9 Å². The van der Waals surface area contributed by atoms with Gasteiger partial charge < -0.3 is 15.1 Å². The molecule has 0 radical (unpaired) electrons. The molecule has 1 N–H and O–H groups in total. The molecule has 1 aliphatic heterocycles. The number of aryl methyl sites for hydroxylation is 4. The Hall–Kier alpha value is -2.49. The van der Waals surface area contributed by atoms with E-state index in [4.69, 9.17) is 0 Å². The lowest BCUT2D eigenvalue weighted by atomic mass is 10.1. The Morgan fingerprint density at radius 1 is 0.926 bits per heavy atom. The van der Waals surface area contributed by atoms with Crippen molar-refractivity contribution in [3.05, 3.63) is 58.1 Å². The maximum atomic E-state index is 12.7. The van der Waals surface area contributed by atoms with E-state index in [0.29, 0.717) is 6.54 Å². The molecule has 4 nitrogen and oxygen atoms in total. The molecule has 1 fully saturated rings. The Labute approximate surface area is 163 Å². The predicted octanol–water partition coefficient (Wildman–Crippen LogP) is 3.99. The van der Waals surface area contributed by atoms with Crippen LogP contribution in [0.5, 0.6) is 0 Å². The average molecular weight is 366 g/mol. The van der Waals surface area contributed by atoms with Gasteiger partial charge in [-0.1, -0.05) is 29.8 Å². The van der Waals surface area contributed by atoms with Crippen molar-refractivity contribution in [1.82, 2.24) is 4.90 Å². The summed E-state index contributed by atoms with van der Waals surface area (Å²) in [6.07, 6.45) is 0. The van der Waals surface area contributed by atoms with Crippen molar-refractivity contribution in [2.45, 2.75) is 34.6 Å². The Morgan fingerprint density at radius 3 is 2.19 bits per heavy atom. The molecule has 4 heteroatoms. The molecular weight excluding hydrogens is 334 g/mol. The first-order valence-corrected chi connectivity index (χ1v) is 9.77. The van der Waals surface area contributed by atoms with Crippen molar-refractivity contribution >= 4 is 17.3 Å². The topological polar surface area (TPSA) is 35.6 Å². The van der Waals surface area contributed by atoms with Gasteiger partial charge in [-0.25, -0.2) is 0 Å². The summed E-state index contributed by atoms with van der Waals surface area (Å²) in [4.78, 5) is 17.0. The second kappa shape index (κ2) is 8.03. The standard InChI is InChI=1S/C23H31N3O/c1-16-13-18(3)23(19(4)14-16)24-15-22(27)26-11-9-25(10-12-26)21-8-6-7-17(2)20(21)5/h6-8,13-14,24H,9-12,15H2,1-5H3. The van der Waals surface area contributed by atoms with Crippen LogP contribution in [0.3, 0.4) is 0 Å². The molecule has 0 spiro atoms. The third kappa shape index (κ3) is 4.26. The Bertz CT molecular complexity index is 813. The number of anilines is 2. The number of carbonyl (C=O) groups excluding carboxylic acids is 1. The number of nitrogens with one attached hydrogen (secondary N) is 1. The van der Waals surface area contributed by atoms with Gasteiger partial charge in [0.15, 0.2) is 0 Å². The number of amides is 1. The molecule has 1 aliphatic rings. The molecule has 0 bridgehead atoms. The molecule has 0 unspecified atom stereocenters. The predicted molar refractivity (Wildman–Crippen MR) is 114 cm³/mol. The number of rotatable bonds is 4. The third-order valence-electron chi connectivity index (χ3n) is 5.64. The first-order chi connectivity index (χ1) is 12.9. The van der Waals surface area contributed by atoms with Crippen LogP contribution in [-0.4, -0.2) is 43.5 Å². The minimum atomic E-state index is 0.176. The van der Waals surface area contributed by atoms with Gasteiger partial charge in [-0.15, -0.1) is 0 Å². The fourth-order valence-electron chi connectivity index (χ4n) is 4.01. The Kier molecular flexibility index (Phi) is 5.73. The third-order valence-corrected chi connectivity index (χ3v) is 5.64. The molecule has 3 rings (SSSR count). The molecule has 1 amide bonds. The fraction of sp³-hybridized carbons (Fsp3) is 0.435. The van der Waals surface area contributed by atoms with Crippen LogP contribution in [0.4, 0.5) is 11.4 Å². The van der Waals surface area contributed by atoms with Crippen molar-refractivity contribution in [1.29, 1.82) is 0 Å². The highest BCUT2D eigenvalue weighted by Gasteiger charge is 2.22. The lowest BCUT2D eigenvalue weighted by Gasteiger charge is -2.37. The van der Waals surface area contributed by atoms with Crippen LogP contribution in [0.25, 0.3) is 0 Å². The van der Waals surface area contributed by atoms with E-state index in [9.17, 15) is 4.79 Å². The zero-order valence-corrected chi connectivity index (χ0v) is 17.2. The van der Waals surface area contributed by atoms with Crippen molar-refractivity contribution in [3.8, 4) is 0 Å². The van der Waals surface area contributed by atoms with Gasteiger partial charge in [0.2, 0.25) is 5.91 Å². The monoisotopic (exact) mass is 365 g/mol. The van der Waals surface area contributed by atoms with Gasteiger partial charge in [0.1, 0.15) is 0 Å². The summed E-state index contributed by atoms with van der Waals surface area (Å²) in [6, 6.07) is 10.8. The van der Waals surface area contributed by atoms with E-state index in [1.54, 1.807) is 0 Å². The smallest absolute Gasteiger partial charge is 0.241 e. The Morgan fingerprint density at radius 2 is 1.56 bits per heavy atom. The molecule has 0 atom stereocenters. The number of hydrogen-bond donors (Lipinski definition) is 1. The molecule has 1 heterocycles. The number of hydrogen-bond acceptors (Lipinski definition) is 3. The minimum absolute atomic E-state index is 0.176. The van der Waals surface area contributed by atoms with E-state index < -0.39 is 0 Å². The van der Waals surface area contributed by atoms with Crippen molar-refractivity contribution < 1.29 is 4.79 Å². The van der Waals surface area contributed by atoms with Gasteiger partial charge in [0, 0.05) is 37.6 Å². The molecule has 2 aromatic rings. The molecule has 144 valence electrons. The molecule has 0 aliphatic carbocycles. The van der Waals surface area contributed by atoms with Crippen LogP contribution in [0.15, 0.2) is 30.3 Å². The fourth-order valence-corrected chi connectivity index (χ4v) is 4.01. The summed E-state index contributed by atoms with van der Waals surface area (Å²) in [6.45, 7) is 14.3. The number of benzene rings is 2. The molecule has 0 saturated carbocycles. The maximum Gasteiger partial charge on any atom is 0.241 e. The number of piperazine rings is 1. The molecule has 2 aromatic carbocycles. The molecule has 27 heavy (non-hydrogen) atoms. The van der Waals surface area contributed by atoms with Crippen LogP contribution in [0.1, 0.15) is 27.8 Å². The van der Waals surface area contributed by atoms with E-state index >= 15 is 0 Å². The second-order valence-corrected chi connectivity index (χ2v) is 7.71. The van der Waals surface area contributed by atoms with Crippen LogP contribution in [0.2, 0.25) is 0 Å². The SMILES string of the molecule is Cc1cc(C)c(NCC(=O)N2CCN(c3cccc(C)c3C)CC2)c(C)c1. The molecule has 1 saturated heterocycles. The van der Waals surface area contributed by atoms with Crippen molar-refractivity contribution in [2.24, 2.45) is 0 Å². The van der Waals surface area contributed by atoms with Crippen molar-refractivity contribution in [3.63, 3.8) is 0 Å². The van der Waals surface area contributed by atoms with E-state index in [-0.39, 0.29) is 5.91 Å². The zero-order valence-electron chi connectivity index (χ0n) is 17.2. The van der Waals surface area contributed by atoms with E-state index in [1.807, 2.05) is 4.90 Å². The van der Waals surface area contributed by atoms with Crippen molar-refractivity contribution in [2.75, 3.05) is 42.9 Å². The van der Waals surface area contributed by atoms with Gasteiger partial charge in [0.25, 0.3) is 0 Å². The van der Waals surface area contributed by atoms with Gasteiger partial charge in [-0.3, -0.25) is 4.79 Å². The van der Waals surface area contributed by atoms with Crippen LogP contribution in [0, 0.1) is 34.6 Å². The van der Waals surface area contributed by atoms with Crippen LogP contribution < -0.4 is 10.2 Å². The van der Waals surface area contributed by atoms with E-state index in [2.05, 4.69) is 75.2 Å². The largest absolute Gasteiger partial charge is 0.376 e. The maximum absolute atomic E-state index is 12.7. The lowest BCUT2D eigenvalue weighted by Crippen LogP contribution is -2.50. The highest BCUT2D eigenvalue weighted by atomic mass is 16.2. The van der Waals surface area contributed by atoms with Crippen LogP contribution in [-0.2, 0) is 4.79 Å². The summed E-state index contributed by atoms with van der Waals surface area (Å²) < 4.78 is 0. The molecule has 0 aromatic heterocycles. The van der Waals surface area contributed by atoms with Gasteiger partial charge >= 0.3 is 0 Å². The van der Waals surface area contributed by atoms with E-state index in [0.717, 1.165) is 31.9 Å². The summed E-state index contributed by atoms with van der Waals surface area (Å²) in [5.41, 5.74) is 8.68. The second-order valence-electron chi connectivity index (χ2n) is 7.71. The average Bonchev–Trinajstić information content (AvgIpc) is 2.63. The zero-order chi connectivity index (χ0) is 19.6. The summed E-state index contributed by atoms with van der Waals surface area (Å²) in [7, 11) is 0. The quantitative estimate of drug-likeness (QED) is 0.890. The Balaban J connectivity index is 1.57. The summed E-state index contributed by atoms with van der Waals surface area (Å²) >= 11 is 0.